The Morgan fingerprint density at radius 2 is 2.12 bits per heavy atom. The van der Waals surface area contributed by atoms with Crippen molar-refractivity contribution in [3.8, 4) is 5.88 Å². The molecule has 1 aromatic heterocycles. The fourth-order valence-corrected chi connectivity index (χ4v) is 1.84. The second-order valence-electron chi connectivity index (χ2n) is 4.33. The van der Waals surface area contributed by atoms with Crippen molar-refractivity contribution in [1.82, 2.24) is 4.98 Å². The van der Waals surface area contributed by atoms with E-state index in [0.717, 1.165) is 5.56 Å². The highest BCUT2D eigenvalue weighted by atomic mass is 79.9. The molecule has 0 fully saturated rings. The van der Waals surface area contributed by atoms with E-state index in [-0.39, 0.29) is 4.75 Å². The Morgan fingerprint density at radius 1 is 1.47 bits per heavy atom. The van der Waals surface area contributed by atoms with Crippen LogP contribution in [0, 0.1) is 0 Å². The van der Waals surface area contributed by atoms with E-state index in [1.54, 1.807) is 25.5 Å². The number of hydrogen-bond acceptors (Lipinski definition) is 4. The normalized spacial score (nSPS) is 14.0. The molecule has 0 aliphatic rings. The third-order valence-corrected chi connectivity index (χ3v) is 3.85. The van der Waals surface area contributed by atoms with Gasteiger partial charge in [0.25, 0.3) is 0 Å². The number of hydrogen-bond donors (Lipinski definition) is 0. The minimum absolute atomic E-state index is 0.358. The fraction of sp³-hybridized carbons (Fsp3) is 0.455. The Bertz CT molecular complexity index is 418. The lowest BCUT2D eigenvalue weighted by molar-refractivity contribution is 0.397. The van der Waals surface area contributed by atoms with Gasteiger partial charge in [0, 0.05) is 11.6 Å². The third kappa shape index (κ3) is 4.29. The molecule has 0 amide bonds. The quantitative estimate of drug-likeness (QED) is 0.489. The first kappa shape index (κ1) is 14.5. The zero-order valence-corrected chi connectivity index (χ0v) is 12.6. The average molecular weight is 319 g/mol. The van der Waals surface area contributed by atoms with E-state index in [0.29, 0.717) is 10.5 Å². The van der Waals surface area contributed by atoms with Crippen LogP contribution in [0.15, 0.2) is 21.1 Å². The number of pyridine rings is 1. The summed E-state index contributed by atoms with van der Waals surface area (Å²) in [5.74, 6) is 0.519. The first-order valence-corrected chi connectivity index (χ1v) is 6.91. The third-order valence-electron chi connectivity index (χ3n) is 1.87. The van der Waals surface area contributed by atoms with Crippen LogP contribution in [0.5, 0.6) is 5.88 Å². The van der Waals surface area contributed by atoms with Crippen LogP contribution in [0.25, 0.3) is 0 Å². The zero-order valence-electron chi connectivity index (χ0n) is 10.2. The summed E-state index contributed by atoms with van der Waals surface area (Å²) in [7, 11) is 1.55. The zero-order chi connectivity index (χ0) is 13.1. The summed E-state index contributed by atoms with van der Waals surface area (Å²) in [5.41, 5.74) is 0.767. The summed E-state index contributed by atoms with van der Waals surface area (Å²) in [6.07, 6.45) is 1.55. The van der Waals surface area contributed by atoms with Crippen molar-refractivity contribution in [2.75, 3.05) is 7.11 Å². The number of methoxy groups -OCH3 is 1. The van der Waals surface area contributed by atoms with E-state index in [1.165, 1.54) is 0 Å². The Labute approximate surface area is 113 Å². The molecule has 94 valence electrons. The molecule has 0 saturated heterocycles. The van der Waals surface area contributed by atoms with Crippen molar-refractivity contribution in [2.45, 2.75) is 25.5 Å². The summed E-state index contributed by atoms with van der Waals surface area (Å²) in [4.78, 5) is 4.14. The van der Waals surface area contributed by atoms with Crippen molar-refractivity contribution in [1.29, 1.82) is 0 Å². The lowest BCUT2D eigenvalue weighted by atomic mass is 10.3. The molecule has 1 aromatic rings. The molecule has 0 radical (unpaired) electrons. The number of rotatable bonds is 3. The molecular formula is C11H15BrN2O2S. The average Bonchev–Trinajstić information content (AvgIpc) is 2.25. The van der Waals surface area contributed by atoms with E-state index in [2.05, 4.69) is 25.3 Å². The molecule has 0 bridgehead atoms. The van der Waals surface area contributed by atoms with Gasteiger partial charge in [-0.25, -0.2) is 4.98 Å². The van der Waals surface area contributed by atoms with Crippen LogP contribution < -0.4 is 4.74 Å². The van der Waals surface area contributed by atoms with Gasteiger partial charge in [-0.3, -0.25) is 0 Å². The van der Waals surface area contributed by atoms with Crippen LogP contribution in [-0.4, -0.2) is 27.6 Å². The number of aromatic nitrogens is 1. The van der Waals surface area contributed by atoms with Crippen LogP contribution >= 0.6 is 15.9 Å². The van der Waals surface area contributed by atoms with Gasteiger partial charge in [-0.15, -0.1) is 0 Å². The van der Waals surface area contributed by atoms with Gasteiger partial charge in [-0.2, -0.15) is 0 Å². The molecule has 0 spiro atoms. The molecule has 0 aliphatic heterocycles. The molecule has 4 nitrogen and oxygen atoms in total. The Kier molecular flexibility index (Phi) is 4.97. The Morgan fingerprint density at radius 3 is 2.59 bits per heavy atom. The maximum Gasteiger partial charge on any atom is 0.214 e. The summed E-state index contributed by atoms with van der Waals surface area (Å²) < 4.78 is 21.0. The molecule has 0 unspecified atom stereocenters. The van der Waals surface area contributed by atoms with Crippen LogP contribution in [0.3, 0.4) is 0 Å². The van der Waals surface area contributed by atoms with Crippen LogP contribution in [0.4, 0.5) is 0 Å². The van der Waals surface area contributed by atoms with Crippen molar-refractivity contribution in [3.05, 3.63) is 22.3 Å². The summed E-state index contributed by atoms with van der Waals surface area (Å²) in [6.45, 7) is 5.63. The lowest BCUT2D eigenvalue weighted by Gasteiger charge is -2.17. The Balaban J connectivity index is 2.85. The topological polar surface area (TPSA) is 57.5 Å². The maximum atomic E-state index is 11.7. The number of nitrogens with zero attached hydrogens (tertiary/aromatic N) is 2. The monoisotopic (exact) mass is 318 g/mol. The van der Waals surface area contributed by atoms with Crippen LogP contribution in [0.1, 0.15) is 26.3 Å². The molecule has 1 atom stereocenters. The van der Waals surface area contributed by atoms with Crippen LogP contribution in [0.2, 0.25) is 0 Å². The minimum atomic E-state index is -1.26. The van der Waals surface area contributed by atoms with Gasteiger partial charge in [0.15, 0.2) is 0 Å². The smallest absolute Gasteiger partial charge is 0.214 e. The molecule has 6 heteroatoms. The van der Waals surface area contributed by atoms with Gasteiger partial charge in [-0.05, 0) is 42.8 Å². The van der Waals surface area contributed by atoms with Crippen molar-refractivity contribution in [3.63, 3.8) is 0 Å². The summed E-state index contributed by atoms with van der Waals surface area (Å²) in [6, 6.07) is 3.53. The predicted molar refractivity (Wildman–Crippen MR) is 74.0 cm³/mol. The fourth-order valence-electron chi connectivity index (χ4n) is 0.901. The SMILES string of the molecule is COc1ccc(/C=N/[S@+]([O-])C(C)(C)C)c(Br)n1. The second kappa shape index (κ2) is 5.84. The van der Waals surface area contributed by atoms with Crippen molar-refractivity contribution < 1.29 is 9.29 Å². The van der Waals surface area contributed by atoms with E-state index < -0.39 is 11.4 Å². The van der Waals surface area contributed by atoms with E-state index in [9.17, 15) is 4.55 Å². The van der Waals surface area contributed by atoms with Gasteiger partial charge >= 0.3 is 0 Å². The van der Waals surface area contributed by atoms with E-state index >= 15 is 0 Å². The van der Waals surface area contributed by atoms with Gasteiger partial charge in [0.2, 0.25) is 5.88 Å². The molecule has 0 aliphatic carbocycles. The molecule has 1 heterocycles. The molecule has 17 heavy (non-hydrogen) atoms. The van der Waals surface area contributed by atoms with Gasteiger partial charge < -0.3 is 9.29 Å². The summed E-state index contributed by atoms with van der Waals surface area (Å²) in [5, 5.41) is 0. The summed E-state index contributed by atoms with van der Waals surface area (Å²) >= 11 is 2.04. The van der Waals surface area contributed by atoms with Gasteiger partial charge in [0.05, 0.1) is 13.3 Å². The predicted octanol–water partition coefficient (Wildman–Crippen LogP) is 2.73. The molecule has 0 saturated carbocycles. The first-order chi connectivity index (χ1) is 7.84. The highest BCUT2D eigenvalue weighted by Gasteiger charge is 2.25. The molecular weight excluding hydrogens is 304 g/mol. The highest BCUT2D eigenvalue weighted by Crippen LogP contribution is 2.19. The molecule has 0 N–H and O–H groups in total. The van der Waals surface area contributed by atoms with Crippen molar-refractivity contribution in [2.24, 2.45) is 4.40 Å². The van der Waals surface area contributed by atoms with Crippen LogP contribution in [-0.2, 0) is 11.4 Å². The van der Waals surface area contributed by atoms with Crippen molar-refractivity contribution >= 4 is 33.5 Å². The second-order valence-corrected chi connectivity index (χ2v) is 7.01. The minimum Gasteiger partial charge on any atom is -0.591 e. The number of halogens is 1. The largest absolute Gasteiger partial charge is 0.591 e. The molecule has 1 rings (SSSR count). The molecule has 0 aromatic carbocycles. The number of ether oxygens (including phenoxy) is 1. The standard InChI is InChI=1S/C11H15BrN2O2S/c1-11(2,3)17(15)13-7-8-5-6-9(16-4)14-10(8)12/h5-7H,1-4H3/b13-7+/t17-/m1/s1. The lowest BCUT2D eigenvalue weighted by Crippen LogP contribution is -2.25. The van der Waals surface area contributed by atoms with E-state index in [4.69, 9.17) is 4.74 Å². The maximum absolute atomic E-state index is 11.7. The Hall–Kier alpha value is -0.590. The van der Waals surface area contributed by atoms with Gasteiger partial charge in [0.1, 0.15) is 20.7 Å². The van der Waals surface area contributed by atoms with Gasteiger partial charge in [-0.1, -0.05) is 4.40 Å². The highest BCUT2D eigenvalue weighted by molar-refractivity contribution is 9.10. The first-order valence-electron chi connectivity index (χ1n) is 5.01. The van der Waals surface area contributed by atoms with E-state index in [1.807, 2.05) is 20.8 Å².